The average Bonchev–Trinajstić information content (AvgIpc) is 2.73. The molecule has 0 atom stereocenters. The Morgan fingerprint density at radius 1 is 0.966 bits per heavy atom. The summed E-state index contributed by atoms with van der Waals surface area (Å²) < 4.78 is 5.81. The van der Waals surface area contributed by atoms with Crippen LogP contribution in [0.5, 0.6) is 5.75 Å². The second-order valence-electron chi connectivity index (χ2n) is 6.03. The number of hydrazone groups is 1. The van der Waals surface area contributed by atoms with Crippen LogP contribution in [0.1, 0.15) is 31.8 Å². The molecule has 146 valence electrons. The quantitative estimate of drug-likeness (QED) is 0.448. The van der Waals surface area contributed by atoms with E-state index in [-0.39, 0.29) is 18.1 Å². The van der Waals surface area contributed by atoms with Crippen LogP contribution in [0.3, 0.4) is 0 Å². The molecule has 0 aromatic heterocycles. The van der Waals surface area contributed by atoms with Crippen LogP contribution in [0.2, 0.25) is 5.02 Å². The highest BCUT2D eigenvalue weighted by Crippen LogP contribution is 2.18. The molecule has 2 N–H and O–H groups in total. The number of halogens is 1. The summed E-state index contributed by atoms with van der Waals surface area (Å²) >= 11 is 5.81. The lowest BCUT2D eigenvalue weighted by Crippen LogP contribution is -2.17. The molecule has 6 nitrogen and oxygen atoms in total. The summed E-state index contributed by atoms with van der Waals surface area (Å²) in [7, 11) is 0. The minimum absolute atomic E-state index is 0.220. The van der Waals surface area contributed by atoms with E-state index in [0.29, 0.717) is 21.9 Å². The molecule has 0 aliphatic heterocycles. The van der Waals surface area contributed by atoms with Gasteiger partial charge in [0.05, 0.1) is 11.8 Å². The van der Waals surface area contributed by atoms with Gasteiger partial charge in [-0.3, -0.25) is 4.79 Å². The highest BCUT2D eigenvalue weighted by molar-refractivity contribution is 6.30. The van der Waals surface area contributed by atoms with Crippen molar-refractivity contribution < 1.29 is 19.4 Å². The van der Waals surface area contributed by atoms with E-state index in [1.165, 1.54) is 18.3 Å². The van der Waals surface area contributed by atoms with E-state index in [1.807, 2.05) is 12.1 Å². The van der Waals surface area contributed by atoms with Crippen molar-refractivity contribution in [3.8, 4) is 5.75 Å². The van der Waals surface area contributed by atoms with Gasteiger partial charge in [-0.15, -0.1) is 0 Å². The Hall–Kier alpha value is -3.64. The number of carbonyl (C=O) groups is 2. The Morgan fingerprint density at radius 2 is 1.62 bits per heavy atom. The Kier molecular flexibility index (Phi) is 6.60. The molecule has 0 saturated carbocycles. The molecule has 0 radical (unpaired) electrons. The number of hydrogen-bond acceptors (Lipinski definition) is 4. The van der Waals surface area contributed by atoms with Crippen molar-refractivity contribution in [2.45, 2.75) is 6.61 Å². The number of carboxylic acids is 1. The number of carbonyl (C=O) groups excluding carboxylic acids is 1. The van der Waals surface area contributed by atoms with Crippen LogP contribution in [0.25, 0.3) is 0 Å². The van der Waals surface area contributed by atoms with Gasteiger partial charge in [-0.2, -0.15) is 5.10 Å². The predicted molar refractivity (Wildman–Crippen MR) is 111 cm³/mol. The van der Waals surface area contributed by atoms with Gasteiger partial charge in [-0.1, -0.05) is 35.9 Å². The first-order valence-corrected chi connectivity index (χ1v) is 9.04. The van der Waals surface area contributed by atoms with Crippen LogP contribution in [0.15, 0.2) is 77.9 Å². The topological polar surface area (TPSA) is 88.0 Å². The van der Waals surface area contributed by atoms with Crippen LogP contribution in [0.4, 0.5) is 0 Å². The summed E-state index contributed by atoms with van der Waals surface area (Å²) in [5, 5.41) is 13.5. The van der Waals surface area contributed by atoms with Crippen molar-refractivity contribution in [1.82, 2.24) is 5.43 Å². The summed E-state index contributed by atoms with van der Waals surface area (Å²) in [5.41, 5.74) is 4.64. The van der Waals surface area contributed by atoms with Crippen molar-refractivity contribution in [3.63, 3.8) is 0 Å². The molecule has 7 heteroatoms. The minimum Gasteiger partial charge on any atom is -0.488 e. The van der Waals surface area contributed by atoms with Crippen molar-refractivity contribution >= 4 is 29.7 Å². The monoisotopic (exact) mass is 408 g/mol. The van der Waals surface area contributed by atoms with Crippen molar-refractivity contribution in [3.05, 3.63) is 100 Å². The molecule has 0 spiro atoms. The summed E-state index contributed by atoms with van der Waals surface area (Å²) in [5.74, 6) is -0.742. The molecule has 0 fully saturated rings. The number of aromatic carboxylic acids is 1. The standard InChI is InChI=1S/C22H17ClN2O4/c23-19-11-9-16(10-12-19)21(26)25-24-13-18-3-1-2-4-20(18)29-14-15-5-7-17(8-6-15)22(27)28/h1-13H,14H2,(H,25,26)(H,27,28)/b24-13-. The molecule has 0 heterocycles. The lowest BCUT2D eigenvalue weighted by molar-refractivity contribution is 0.0696. The highest BCUT2D eigenvalue weighted by atomic mass is 35.5. The maximum absolute atomic E-state index is 12.1. The van der Waals surface area contributed by atoms with E-state index in [2.05, 4.69) is 10.5 Å². The lowest BCUT2D eigenvalue weighted by atomic mass is 10.1. The van der Waals surface area contributed by atoms with Gasteiger partial charge in [0.2, 0.25) is 0 Å². The van der Waals surface area contributed by atoms with Crippen LogP contribution in [-0.4, -0.2) is 23.2 Å². The van der Waals surface area contributed by atoms with E-state index in [9.17, 15) is 9.59 Å². The third-order valence-corrected chi connectivity index (χ3v) is 4.24. The lowest BCUT2D eigenvalue weighted by Gasteiger charge is -2.09. The Labute approximate surface area is 172 Å². The second-order valence-corrected chi connectivity index (χ2v) is 6.47. The third kappa shape index (κ3) is 5.67. The highest BCUT2D eigenvalue weighted by Gasteiger charge is 2.06. The summed E-state index contributed by atoms with van der Waals surface area (Å²) in [6.45, 7) is 0.266. The minimum atomic E-state index is -0.973. The SMILES string of the molecule is O=C(O)c1ccc(COc2ccccc2/C=N\NC(=O)c2ccc(Cl)cc2)cc1. The third-order valence-electron chi connectivity index (χ3n) is 3.99. The van der Waals surface area contributed by atoms with Crippen molar-refractivity contribution in [2.24, 2.45) is 5.10 Å². The van der Waals surface area contributed by atoms with Gasteiger partial charge in [0.25, 0.3) is 5.91 Å². The molecule has 1 amide bonds. The van der Waals surface area contributed by atoms with E-state index < -0.39 is 5.97 Å². The Morgan fingerprint density at radius 3 is 2.31 bits per heavy atom. The fourth-order valence-corrected chi connectivity index (χ4v) is 2.58. The fourth-order valence-electron chi connectivity index (χ4n) is 2.45. The smallest absolute Gasteiger partial charge is 0.335 e. The first-order chi connectivity index (χ1) is 14.0. The first kappa shape index (κ1) is 20.1. The number of carboxylic acid groups (broad SMARTS) is 1. The Balaban J connectivity index is 1.62. The molecule has 3 aromatic rings. The summed E-state index contributed by atoms with van der Waals surface area (Å²) in [4.78, 5) is 23.0. The van der Waals surface area contributed by atoms with E-state index >= 15 is 0 Å². The maximum atomic E-state index is 12.1. The number of hydrogen-bond donors (Lipinski definition) is 2. The van der Waals surface area contributed by atoms with Gasteiger partial charge in [0.1, 0.15) is 12.4 Å². The van der Waals surface area contributed by atoms with Crippen molar-refractivity contribution in [2.75, 3.05) is 0 Å². The number of benzene rings is 3. The van der Waals surface area contributed by atoms with Gasteiger partial charge < -0.3 is 9.84 Å². The normalized spacial score (nSPS) is 10.7. The van der Waals surface area contributed by atoms with Gasteiger partial charge in [0.15, 0.2) is 0 Å². The maximum Gasteiger partial charge on any atom is 0.335 e. The predicted octanol–water partition coefficient (Wildman–Crippen LogP) is 4.38. The summed E-state index contributed by atoms with van der Waals surface area (Å²) in [6, 6.07) is 20.2. The number of para-hydroxylation sites is 1. The number of amides is 1. The fraction of sp³-hybridized carbons (Fsp3) is 0.0455. The van der Waals surface area contributed by atoms with Crippen LogP contribution in [0, 0.1) is 0 Å². The zero-order chi connectivity index (χ0) is 20.6. The molecular weight excluding hydrogens is 392 g/mol. The van der Waals surface area contributed by atoms with Crippen LogP contribution < -0.4 is 10.2 Å². The van der Waals surface area contributed by atoms with Crippen LogP contribution in [-0.2, 0) is 6.61 Å². The number of rotatable bonds is 7. The van der Waals surface area contributed by atoms with E-state index in [4.69, 9.17) is 21.4 Å². The van der Waals surface area contributed by atoms with Crippen molar-refractivity contribution in [1.29, 1.82) is 0 Å². The summed E-state index contributed by atoms with van der Waals surface area (Å²) in [6.07, 6.45) is 1.50. The Bertz CT molecular complexity index is 1030. The van der Waals surface area contributed by atoms with Gasteiger partial charge in [-0.25, -0.2) is 10.2 Å². The van der Waals surface area contributed by atoms with Gasteiger partial charge in [0, 0.05) is 16.1 Å². The number of ether oxygens (including phenoxy) is 1. The largest absolute Gasteiger partial charge is 0.488 e. The molecule has 0 bridgehead atoms. The van der Waals surface area contributed by atoms with Gasteiger partial charge >= 0.3 is 5.97 Å². The number of nitrogens with zero attached hydrogens (tertiary/aromatic N) is 1. The second kappa shape index (κ2) is 9.52. The first-order valence-electron chi connectivity index (χ1n) is 8.66. The molecule has 0 aliphatic rings. The molecule has 3 aromatic carbocycles. The van der Waals surface area contributed by atoms with E-state index in [0.717, 1.165) is 5.56 Å². The molecule has 29 heavy (non-hydrogen) atoms. The molecule has 0 aliphatic carbocycles. The van der Waals surface area contributed by atoms with E-state index in [1.54, 1.807) is 48.5 Å². The van der Waals surface area contributed by atoms with Crippen LogP contribution >= 0.6 is 11.6 Å². The molecule has 0 unspecified atom stereocenters. The zero-order valence-electron chi connectivity index (χ0n) is 15.2. The zero-order valence-corrected chi connectivity index (χ0v) is 16.0. The average molecular weight is 409 g/mol. The number of nitrogens with one attached hydrogen (secondary N) is 1. The molecule has 0 saturated heterocycles. The molecular formula is C22H17ClN2O4. The van der Waals surface area contributed by atoms with Gasteiger partial charge in [-0.05, 0) is 54.1 Å². The molecule has 3 rings (SSSR count).